The Morgan fingerprint density at radius 1 is 1.19 bits per heavy atom. The number of aryl methyl sites for hydroxylation is 1. The summed E-state index contributed by atoms with van der Waals surface area (Å²) in [5.74, 6) is 0.876. The highest BCUT2D eigenvalue weighted by atomic mass is 16.5. The maximum absolute atomic E-state index is 5.18. The number of nitrogens with one attached hydrogen (secondary N) is 1. The molecule has 0 atom stereocenters. The largest absolute Gasteiger partial charge is 0.361 e. The molecular formula is C13H12N2O. The van der Waals surface area contributed by atoms with Gasteiger partial charge in [0.2, 0.25) is 0 Å². The van der Waals surface area contributed by atoms with Crippen LogP contribution in [0, 0.1) is 13.8 Å². The van der Waals surface area contributed by atoms with E-state index in [1.165, 1.54) is 5.39 Å². The molecule has 0 aliphatic rings. The quantitative estimate of drug-likeness (QED) is 0.671. The van der Waals surface area contributed by atoms with Crippen molar-refractivity contribution in [1.82, 2.24) is 10.1 Å². The second-order valence-corrected chi connectivity index (χ2v) is 3.99. The van der Waals surface area contributed by atoms with Crippen LogP contribution >= 0.6 is 0 Å². The molecule has 0 radical (unpaired) electrons. The zero-order chi connectivity index (χ0) is 11.1. The third kappa shape index (κ3) is 1.25. The first-order valence-electron chi connectivity index (χ1n) is 5.26. The Morgan fingerprint density at radius 2 is 2.06 bits per heavy atom. The number of hydrogen-bond donors (Lipinski definition) is 1. The van der Waals surface area contributed by atoms with E-state index in [4.69, 9.17) is 4.52 Å². The third-order valence-electron chi connectivity index (χ3n) is 2.99. The van der Waals surface area contributed by atoms with Crippen LogP contribution in [0.2, 0.25) is 0 Å². The van der Waals surface area contributed by atoms with Crippen molar-refractivity contribution in [3.63, 3.8) is 0 Å². The number of hydrogen-bond acceptors (Lipinski definition) is 2. The zero-order valence-corrected chi connectivity index (χ0v) is 9.24. The molecule has 0 aliphatic carbocycles. The summed E-state index contributed by atoms with van der Waals surface area (Å²) < 4.78 is 5.18. The molecule has 1 aromatic carbocycles. The summed E-state index contributed by atoms with van der Waals surface area (Å²) in [5.41, 5.74) is 4.24. The molecule has 0 bridgehead atoms. The fourth-order valence-electron chi connectivity index (χ4n) is 1.88. The molecule has 0 fully saturated rings. The highest BCUT2D eigenvalue weighted by Crippen LogP contribution is 2.26. The van der Waals surface area contributed by atoms with E-state index in [0.29, 0.717) is 0 Å². The van der Waals surface area contributed by atoms with Gasteiger partial charge in [-0.1, -0.05) is 17.3 Å². The van der Waals surface area contributed by atoms with Crippen molar-refractivity contribution in [2.75, 3.05) is 0 Å². The van der Waals surface area contributed by atoms with Crippen molar-refractivity contribution in [1.29, 1.82) is 0 Å². The number of aromatic nitrogens is 2. The van der Waals surface area contributed by atoms with Crippen LogP contribution in [0.3, 0.4) is 0 Å². The molecule has 0 saturated carbocycles. The van der Waals surface area contributed by atoms with Crippen LogP contribution in [0.5, 0.6) is 0 Å². The molecule has 3 rings (SSSR count). The van der Waals surface area contributed by atoms with Crippen molar-refractivity contribution in [2.24, 2.45) is 0 Å². The minimum absolute atomic E-state index is 0.876. The van der Waals surface area contributed by atoms with E-state index in [1.807, 2.05) is 20.0 Å². The second kappa shape index (κ2) is 3.23. The topological polar surface area (TPSA) is 41.8 Å². The predicted octanol–water partition coefficient (Wildman–Crippen LogP) is 3.44. The highest BCUT2D eigenvalue weighted by Gasteiger charge is 2.10. The SMILES string of the molecule is Cc1onc(-c2ccc3cc[nH]c3c2)c1C. The van der Waals surface area contributed by atoms with Crippen LogP contribution in [0.15, 0.2) is 35.0 Å². The van der Waals surface area contributed by atoms with Gasteiger partial charge in [0.25, 0.3) is 0 Å². The fraction of sp³-hybridized carbons (Fsp3) is 0.154. The fourth-order valence-corrected chi connectivity index (χ4v) is 1.88. The molecule has 0 amide bonds. The Balaban J connectivity index is 2.21. The van der Waals surface area contributed by atoms with E-state index >= 15 is 0 Å². The van der Waals surface area contributed by atoms with Gasteiger partial charge in [0.15, 0.2) is 0 Å². The standard InChI is InChI=1S/C13H12N2O/c1-8-9(2)16-15-13(8)11-4-3-10-5-6-14-12(10)7-11/h3-7,14H,1-2H3. The molecule has 0 aliphatic heterocycles. The molecule has 1 N–H and O–H groups in total. The van der Waals surface area contributed by atoms with Gasteiger partial charge in [-0.15, -0.1) is 0 Å². The predicted molar refractivity (Wildman–Crippen MR) is 63.3 cm³/mol. The summed E-state index contributed by atoms with van der Waals surface area (Å²) in [7, 11) is 0. The molecule has 3 heteroatoms. The smallest absolute Gasteiger partial charge is 0.137 e. The van der Waals surface area contributed by atoms with Gasteiger partial charge < -0.3 is 9.51 Å². The molecule has 0 spiro atoms. The van der Waals surface area contributed by atoms with Crippen molar-refractivity contribution < 1.29 is 4.52 Å². The number of fused-ring (bicyclic) bond motifs is 1. The van der Waals surface area contributed by atoms with E-state index in [0.717, 1.165) is 28.1 Å². The summed E-state index contributed by atoms with van der Waals surface area (Å²) in [6, 6.07) is 8.31. The van der Waals surface area contributed by atoms with Gasteiger partial charge in [-0.05, 0) is 31.4 Å². The molecule has 2 heterocycles. The lowest BCUT2D eigenvalue weighted by molar-refractivity contribution is 0.399. The second-order valence-electron chi connectivity index (χ2n) is 3.99. The monoisotopic (exact) mass is 212 g/mol. The van der Waals surface area contributed by atoms with Crippen molar-refractivity contribution >= 4 is 10.9 Å². The van der Waals surface area contributed by atoms with Gasteiger partial charge >= 0.3 is 0 Å². The van der Waals surface area contributed by atoms with Crippen molar-refractivity contribution in [2.45, 2.75) is 13.8 Å². The van der Waals surface area contributed by atoms with Crippen molar-refractivity contribution in [3.8, 4) is 11.3 Å². The maximum atomic E-state index is 5.18. The molecule has 0 unspecified atom stereocenters. The van der Waals surface area contributed by atoms with Crippen LogP contribution in [0.4, 0.5) is 0 Å². The molecular weight excluding hydrogens is 200 g/mol. The molecule has 0 saturated heterocycles. The molecule has 16 heavy (non-hydrogen) atoms. The zero-order valence-electron chi connectivity index (χ0n) is 9.24. The summed E-state index contributed by atoms with van der Waals surface area (Å²) in [6.07, 6.45) is 1.94. The van der Waals surface area contributed by atoms with E-state index in [-0.39, 0.29) is 0 Å². The first-order valence-corrected chi connectivity index (χ1v) is 5.26. The third-order valence-corrected chi connectivity index (χ3v) is 2.99. The first kappa shape index (κ1) is 9.21. The number of H-pyrrole nitrogens is 1. The van der Waals surface area contributed by atoms with Gasteiger partial charge in [-0.3, -0.25) is 0 Å². The van der Waals surface area contributed by atoms with E-state index in [2.05, 4.69) is 34.4 Å². The van der Waals surface area contributed by atoms with E-state index in [9.17, 15) is 0 Å². The minimum Gasteiger partial charge on any atom is -0.361 e. The lowest BCUT2D eigenvalue weighted by atomic mass is 10.1. The highest BCUT2D eigenvalue weighted by molar-refractivity contribution is 5.84. The normalized spacial score (nSPS) is 11.1. The molecule has 80 valence electrons. The van der Waals surface area contributed by atoms with E-state index in [1.54, 1.807) is 0 Å². The minimum atomic E-state index is 0.876. The number of benzene rings is 1. The summed E-state index contributed by atoms with van der Waals surface area (Å²) in [6.45, 7) is 3.96. The number of rotatable bonds is 1. The Hall–Kier alpha value is -2.03. The average molecular weight is 212 g/mol. The molecule has 3 aromatic rings. The Morgan fingerprint density at radius 3 is 2.81 bits per heavy atom. The van der Waals surface area contributed by atoms with Gasteiger partial charge in [-0.2, -0.15) is 0 Å². The number of aromatic amines is 1. The Labute approximate surface area is 93.1 Å². The summed E-state index contributed by atoms with van der Waals surface area (Å²) in [4.78, 5) is 3.20. The van der Waals surface area contributed by atoms with E-state index < -0.39 is 0 Å². The van der Waals surface area contributed by atoms with Crippen LogP contribution < -0.4 is 0 Å². The maximum Gasteiger partial charge on any atom is 0.137 e. The van der Waals surface area contributed by atoms with Gasteiger partial charge in [-0.25, -0.2) is 0 Å². The number of nitrogens with zero attached hydrogens (tertiary/aromatic N) is 1. The molecule has 2 aromatic heterocycles. The van der Waals surface area contributed by atoms with Crippen molar-refractivity contribution in [3.05, 3.63) is 41.8 Å². The Bertz CT molecular complexity index is 649. The first-order chi connectivity index (χ1) is 7.75. The Kier molecular flexibility index (Phi) is 1.86. The van der Waals surface area contributed by atoms with Gasteiger partial charge in [0.1, 0.15) is 11.5 Å². The summed E-state index contributed by atoms with van der Waals surface area (Å²) in [5, 5.41) is 5.30. The van der Waals surface area contributed by atoms with Crippen LogP contribution in [0.1, 0.15) is 11.3 Å². The van der Waals surface area contributed by atoms with Crippen LogP contribution in [-0.2, 0) is 0 Å². The average Bonchev–Trinajstić information content (AvgIpc) is 2.86. The van der Waals surface area contributed by atoms with Gasteiger partial charge in [0, 0.05) is 22.8 Å². The van der Waals surface area contributed by atoms with Gasteiger partial charge in [0.05, 0.1) is 0 Å². The van der Waals surface area contributed by atoms with Crippen LogP contribution in [0.25, 0.3) is 22.2 Å². The van der Waals surface area contributed by atoms with Crippen LogP contribution in [-0.4, -0.2) is 10.1 Å². The lowest BCUT2D eigenvalue weighted by Gasteiger charge is -1.98. The molecule has 3 nitrogen and oxygen atoms in total. The summed E-state index contributed by atoms with van der Waals surface area (Å²) >= 11 is 0. The lowest BCUT2D eigenvalue weighted by Crippen LogP contribution is -1.81.